The fourth-order valence-corrected chi connectivity index (χ4v) is 7.57. The van der Waals surface area contributed by atoms with Gasteiger partial charge in [-0.15, -0.1) is 0 Å². The standard InChI is InChI=1S/C43H34O2/c1-2-28-11-13-29(14-12-28)15-16-32-25-37(45)26-33-18-21-35(27-40(32)33)43(34-20-17-31-24-36(44)22-19-30(31)23-34)41-9-5-3-7-38(41)39-8-4-6-10-42(39)43/h3-14,17-27,44-45H,2,15-16H2,1H3. The SMILES string of the molecule is CCc1ccc(CCc2cc(O)cc3ccc(C4(c5ccc6cc(O)ccc6c5)c5ccccc5-c5ccccc54)cc23)cc1. The highest BCUT2D eigenvalue weighted by atomic mass is 16.3. The van der Waals surface area contributed by atoms with Crippen LogP contribution in [-0.4, -0.2) is 10.2 Å². The Bertz CT molecular complexity index is 2180. The van der Waals surface area contributed by atoms with Crippen molar-refractivity contribution in [1.29, 1.82) is 0 Å². The summed E-state index contributed by atoms with van der Waals surface area (Å²) < 4.78 is 0. The molecule has 218 valence electrons. The summed E-state index contributed by atoms with van der Waals surface area (Å²) in [6, 6.07) is 49.3. The van der Waals surface area contributed by atoms with Crippen molar-refractivity contribution in [3.8, 4) is 22.6 Å². The number of phenols is 2. The molecule has 0 aliphatic heterocycles. The van der Waals surface area contributed by atoms with Gasteiger partial charge < -0.3 is 10.2 Å². The van der Waals surface area contributed by atoms with Crippen LogP contribution < -0.4 is 0 Å². The summed E-state index contributed by atoms with van der Waals surface area (Å²) in [6.07, 6.45) is 2.77. The molecule has 45 heavy (non-hydrogen) atoms. The zero-order valence-electron chi connectivity index (χ0n) is 25.3. The van der Waals surface area contributed by atoms with E-state index in [4.69, 9.17) is 0 Å². The molecule has 2 heteroatoms. The van der Waals surface area contributed by atoms with Crippen LogP contribution in [0.4, 0.5) is 0 Å². The normalized spacial score (nSPS) is 13.2. The lowest BCUT2D eigenvalue weighted by atomic mass is 9.67. The van der Waals surface area contributed by atoms with Gasteiger partial charge in [-0.3, -0.25) is 0 Å². The molecule has 2 N–H and O–H groups in total. The zero-order chi connectivity index (χ0) is 30.5. The third-order valence-electron chi connectivity index (χ3n) is 9.78. The first-order valence-electron chi connectivity index (χ1n) is 15.8. The Morgan fingerprint density at radius 1 is 0.489 bits per heavy atom. The van der Waals surface area contributed by atoms with Crippen LogP contribution in [0.25, 0.3) is 32.7 Å². The third kappa shape index (κ3) is 4.40. The van der Waals surface area contributed by atoms with Gasteiger partial charge in [0, 0.05) is 0 Å². The average Bonchev–Trinajstić information content (AvgIpc) is 3.38. The van der Waals surface area contributed by atoms with E-state index in [1.165, 1.54) is 49.9 Å². The maximum absolute atomic E-state index is 10.7. The van der Waals surface area contributed by atoms with Crippen molar-refractivity contribution in [1.82, 2.24) is 0 Å². The predicted molar refractivity (Wildman–Crippen MR) is 185 cm³/mol. The first kappa shape index (κ1) is 27.2. The molecule has 0 bridgehead atoms. The van der Waals surface area contributed by atoms with Gasteiger partial charge in [0.25, 0.3) is 0 Å². The molecule has 1 aliphatic carbocycles. The number of aromatic hydroxyl groups is 2. The number of phenolic OH excluding ortho intramolecular Hbond substituents is 2. The molecule has 7 aromatic rings. The van der Waals surface area contributed by atoms with E-state index in [-0.39, 0.29) is 5.75 Å². The average molecular weight is 583 g/mol. The molecule has 0 heterocycles. The van der Waals surface area contributed by atoms with Crippen LogP contribution in [0.5, 0.6) is 11.5 Å². The highest BCUT2D eigenvalue weighted by Gasteiger charge is 2.46. The predicted octanol–water partition coefficient (Wildman–Crippen LogP) is 10.1. The van der Waals surface area contributed by atoms with Crippen LogP contribution in [0.15, 0.2) is 140 Å². The van der Waals surface area contributed by atoms with Gasteiger partial charge in [-0.1, -0.05) is 110 Å². The largest absolute Gasteiger partial charge is 0.508 e. The van der Waals surface area contributed by atoms with Gasteiger partial charge in [-0.05, 0) is 127 Å². The van der Waals surface area contributed by atoms with Gasteiger partial charge in [0.15, 0.2) is 0 Å². The van der Waals surface area contributed by atoms with Gasteiger partial charge in [0.2, 0.25) is 0 Å². The fourth-order valence-electron chi connectivity index (χ4n) is 7.57. The van der Waals surface area contributed by atoms with Crippen molar-refractivity contribution in [2.75, 3.05) is 0 Å². The molecule has 7 aromatic carbocycles. The molecule has 8 rings (SSSR count). The number of benzene rings is 7. The molecule has 0 fully saturated rings. The van der Waals surface area contributed by atoms with E-state index >= 15 is 0 Å². The Labute approximate surface area is 263 Å². The van der Waals surface area contributed by atoms with Crippen LogP contribution >= 0.6 is 0 Å². The molecule has 0 saturated carbocycles. The minimum absolute atomic E-state index is 0.271. The summed E-state index contributed by atoms with van der Waals surface area (Å²) in [5.41, 5.74) is 10.7. The number of rotatable bonds is 6. The molecular weight excluding hydrogens is 548 g/mol. The summed E-state index contributed by atoms with van der Waals surface area (Å²) >= 11 is 0. The Morgan fingerprint density at radius 3 is 1.78 bits per heavy atom. The quantitative estimate of drug-likeness (QED) is 0.205. The van der Waals surface area contributed by atoms with Crippen LogP contribution in [0.1, 0.15) is 45.9 Å². The fraction of sp³-hybridized carbons (Fsp3) is 0.116. The lowest BCUT2D eigenvalue weighted by Gasteiger charge is -2.34. The Morgan fingerprint density at radius 2 is 1.07 bits per heavy atom. The second-order valence-electron chi connectivity index (χ2n) is 12.3. The number of hydrogen-bond donors (Lipinski definition) is 2. The van der Waals surface area contributed by atoms with Crippen molar-refractivity contribution < 1.29 is 10.2 Å². The van der Waals surface area contributed by atoms with Gasteiger partial charge in [0.1, 0.15) is 11.5 Å². The van der Waals surface area contributed by atoms with E-state index in [0.29, 0.717) is 5.75 Å². The summed E-state index contributed by atoms with van der Waals surface area (Å²) in [7, 11) is 0. The molecular formula is C43H34O2. The van der Waals surface area contributed by atoms with Gasteiger partial charge >= 0.3 is 0 Å². The second-order valence-corrected chi connectivity index (χ2v) is 12.3. The van der Waals surface area contributed by atoms with Crippen molar-refractivity contribution >= 4 is 21.5 Å². The van der Waals surface area contributed by atoms with E-state index in [1.807, 2.05) is 24.3 Å². The van der Waals surface area contributed by atoms with E-state index in [9.17, 15) is 10.2 Å². The summed E-state index contributed by atoms with van der Waals surface area (Å²) in [6.45, 7) is 2.18. The van der Waals surface area contributed by atoms with Gasteiger partial charge in [0.05, 0.1) is 5.41 Å². The minimum Gasteiger partial charge on any atom is -0.508 e. The molecule has 2 nitrogen and oxygen atoms in total. The molecule has 0 saturated heterocycles. The van der Waals surface area contributed by atoms with E-state index in [1.54, 1.807) is 6.07 Å². The van der Waals surface area contributed by atoms with Crippen molar-refractivity contribution in [3.05, 3.63) is 178 Å². The van der Waals surface area contributed by atoms with Gasteiger partial charge in [-0.2, -0.15) is 0 Å². The molecule has 0 radical (unpaired) electrons. The van der Waals surface area contributed by atoms with Gasteiger partial charge in [-0.25, -0.2) is 0 Å². The lowest BCUT2D eigenvalue weighted by molar-refractivity contribution is 0.475. The van der Waals surface area contributed by atoms with Crippen LogP contribution in [0.2, 0.25) is 0 Å². The first-order valence-corrected chi connectivity index (χ1v) is 15.8. The van der Waals surface area contributed by atoms with Crippen molar-refractivity contribution in [2.45, 2.75) is 31.6 Å². The smallest absolute Gasteiger partial charge is 0.116 e. The maximum atomic E-state index is 10.7. The zero-order valence-corrected chi connectivity index (χ0v) is 25.3. The summed E-state index contributed by atoms with van der Waals surface area (Å²) in [4.78, 5) is 0. The molecule has 0 unspecified atom stereocenters. The summed E-state index contributed by atoms with van der Waals surface area (Å²) in [5.74, 6) is 0.573. The van der Waals surface area contributed by atoms with Crippen LogP contribution in [0.3, 0.4) is 0 Å². The first-order chi connectivity index (χ1) is 22.0. The Kier molecular flexibility index (Phi) is 6.46. The maximum Gasteiger partial charge on any atom is 0.116 e. The number of aryl methyl sites for hydroxylation is 3. The highest BCUT2D eigenvalue weighted by Crippen LogP contribution is 2.56. The molecule has 1 aliphatic rings. The van der Waals surface area contributed by atoms with Crippen LogP contribution in [0, 0.1) is 0 Å². The Hall–Kier alpha value is -5.34. The van der Waals surface area contributed by atoms with Crippen LogP contribution in [-0.2, 0) is 24.7 Å². The number of fused-ring (bicyclic) bond motifs is 5. The monoisotopic (exact) mass is 582 g/mol. The lowest BCUT2D eigenvalue weighted by Crippen LogP contribution is -2.28. The summed E-state index contributed by atoms with van der Waals surface area (Å²) in [5, 5.41) is 25.2. The highest BCUT2D eigenvalue weighted by molar-refractivity contribution is 5.93. The van der Waals surface area contributed by atoms with Crippen molar-refractivity contribution in [3.63, 3.8) is 0 Å². The Balaban J connectivity index is 1.36. The van der Waals surface area contributed by atoms with Crippen molar-refractivity contribution in [2.24, 2.45) is 0 Å². The van der Waals surface area contributed by atoms with E-state index in [2.05, 4.69) is 116 Å². The molecule has 0 spiro atoms. The third-order valence-corrected chi connectivity index (χ3v) is 9.78. The topological polar surface area (TPSA) is 40.5 Å². The number of hydrogen-bond acceptors (Lipinski definition) is 2. The molecule has 0 amide bonds. The second kappa shape index (κ2) is 10.7. The minimum atomic E-state index is -0.543. The van der Waals surface area contributed by atoms with E-state index < -0.39 is 5.41 Å². The molecule has 0 atom stereocenters. The van der Waals surface area contributed by atoms with E-state index in [0.717, 1.165) is 41.0 Å². The molecule has 0 aromatic heterocycles.